The van der Waals surface area contributed by atoms with E-state index in [1.54, 1.807) is 24.4 Å². The summed E-state index contributed by atoms with van der Waals surface area (Å²) in [5, 5.41) is 9.76. The summed E-state index contributed by atoms with van der Waals surface area (Å²) in [6.07, 6.45) is 2.84. The van der Waals surface area contributed by atoms with E-state index in [1.165, 1.54) is 10.8 Å². The van der Waals surface area contributed by atoms with Crippen LogP contribution in [0.2, 0.25) is 0 Å². The number of benzene rings is 1. The molecule has 0 aliphatic carbocycles. The Morgan fingerprint density at radius 3 is 2.90 bits per heavy atom. The number of H-pyrrole nitrogens is 1. The average molecular weight is 343 g/mol. The molecule has 0 saturated heterocycles. The van der Waals surface area contributed by atoms with Crippen LogP contribution in [0.15, 0.2) is 50.7 Å². The van der Waals surface area contributed by atoms with E-state index < -0.39 is 11.2 Å². The van der Waals surface area contributed by atoms with E-state index in [4.69, 9.17) is 5.26 Å². The first-order valence-electron chi connectivity index (χ1n) is 5.91. The summed E-state index contributed by atoms with van der Waals surface area (Å²) in [6.45, 7) is 0. The van der Waals surface area contributed by atoms with Gasteiger partial charge in [-0.25, -0.2) is 4.79 Å². The molecule has 21 heavy (non-hydrogen) atoms. The predicted molar refractivity (Wildman–Crippen MR) is 80.4 cm³/mol. The van der Waals surface area contributed by atoms with Crippen LogP contribution in [0, 0.1) is 11.3 Å². The maximum absolute atomic E-state index is 12.0. The molecule has 6 nitrogen and oxygen atoms in total. The lowest BCUT2D eigenvalue weighted by atomic mass is 10.2. The number of hydrogen-bond donors (Lipinski definition) is 1. The van der Waals surface area contributed by atoms with Crippen molar-refractivity contribution >= 4 is 26.8 Å². The zero-order valence-corrected chi connectivity index (χ0v) is 12.1. The van der Waals surface area contributed by atoms with E-state index in [2.05, 4.69) is 25.9 Å². The average Bonchev–Trinajstić information content (AvgIpc) is 2.46. The van der Waals surface area contributed by atoms with Crippen molar-refractivity contribution in [1.29, 1.82) is 5.26 Å². The van der Waals surface area contributed by atoms with Gasteiger partial charge in [-0.3, -0.25) is 19.3 Å². The zero-order chi connectivity index (χ0) is 15.0. The molecular weight excluding hydrogens is 336 g/mol. The molecule has 2 heterocycles. The number of halogens is 1. The minimum Gasteiger partial charge on any atom is -0.273 e. The molecule has 2 aromatic heterocycles. The highest BCUT2D eigenvalue weighted by molar-refractivity contribution is 9.10. The number of aromatic nitrogens is 3. The van der Waals surface area contributed by atoms with Crippen LogP contribution in [0.5, 0.6) is 0 Å². The quantitative estimate of drug-likeness (QED) is 0.728. The highest BCUT2D eigenvalue weighted by atomic mass is 79.9. The Hall–Kier alpha value is -2.72. The van der Waals surface area contributed by atoms with Crippen molar-refractivity contribution in [1.82, 2.24) is 14.5 Å². The van der Waals surface area contributed by atoms with Gasteiger partial charge in [-0.2, -0.15) is 5.26 Å². The molecule has 3 aromatic rings. The summed E-state index contributed by atoms with van der Waals surface area (Å²) in [4.78, 5) is 29.8. The third-order valence-electron chi connectivity index (χ3n) is 2.98. The molecule has 1 aromatic carbocycles. The first kappa shape index (κ1) is 13.3. The van der Waals surface area contributed by atoms with Gasteiger partial charge >= 0.3 is 5.69 Å². The molecule has 0 bridgehead atoms. The van der Waals surface area contributed by atoms with Crippen LogP contribution in [0.1, 0.15) is 5.56 Å². The van der Waals surface area contributed by atoms with Gasteiger partial charge in [0.05, 0.1) is 11.2 Å². The van der Waals surface area contributed by atoms with Crippen LogP contribution in [-0.2, 0) is 0 Å². The monoisotopic (exact) mass is 342 g/mol. The Morgan fingerprint density at radius 1 is 1.33 bits per heavy atom. The van der Waals surface area contributed by atoms with Crippen LogP contribution in [0.25, 0.3) is 16.6 Å². The minimum atomic E-state index is -0.699. The standard InChI is InChI=1S/C14H7BrN4O2/c15-10-4-8-2-1-3-11(12(8)17-6-10)19-7-9(5-16)13(20)18-14(19)21/h1-4,6-7H,(H,18,20,21). The highest BCUT2D eigenvalue weighted by Crippen LogP contribution is 2.22. The second-order valence-corrected chi connectivity index (χ2v) is 5.20. The Morgan fingerprint density at radius 2 is 2.14 bits per heavy atom. The lowest BCUT2D eigenvalue weighted by molar-refractivity contribution is 0.893. The highest BCUT2D eigenvalue weighted by Gasteiger charge is 2.09. The van der Waals surface area contributed by atoms with E-state index >= 15 is 0 Å². The van der Waals surface area contributed by atoms with Crippen molar-refractivity contribution in [2.24, 2.45) is 0 Å². The molecule has 1 N–H and O–H groups in total. The number of nitrogens with zero attached hydrogens (tertiary/aromatic N) is 3. The number of aromatic amines is 1. The fourth-order valence-electron chi connectivity index (χ4n) is 2.04. The number of rotatable bonds is 1. The van der Waals surface area contributed by atoms with E-state index in [-0.39, 0.29) is 5.56 Å². The van der Waals surface area contributed by atoms with Crippen LogP contribution in [0.3, 0.4) is 0 Å². The number of hydrogen-bond acceptors (Lipinski definition) is 4. The summed E-state index contributed by atoms with van der Waals surface area (Å²) in [6, 6.07) is 8.96. The van der Waals surface area contributed by atoms with Crippen LogP contribution in [-0.4, -0.2) is 14.5 Å². The lowest BCUT2D eigenvalue weighted by Gasteiger charge is -2.08. The molecule has 0 aliphatic rings. The number of para-hydroxylation sites is 1. The van der Waals surface area contributed by atoms with Gasteiger partial charge in [-0.05, 0) is 28.1 Å². The SMILES string of the molecule is N#Cc1cn(-c2cccc3cc(Br)cnc23)c(=O)[nH]c1=O. The Bertz CT molecular complexity index is 1010. The smallest absolute Gasteiger partial charge is 0.273 e. The molecule has 0 atom stereocenters. The Kier molecular flexibility index (Phi) is 3.16. The number of nitrogens with one attached hydrogen (secondary N) is 1. The van der Waals surface area contributed by atoms with E-state index in [0.29, 0.717) is 11.2 Å². The second kappa shape index (κ2) is 5.00. The largest absolute Gasteiger partial charge is 0.333 e. The minimum absolute atomic E-state index is 0.135. The molecule has 0 fully saturated rings. The van der Waals surface area contributed by atoms with Gasteiger partial charge in [0, 0.05) is 22.3 Å². The molecule has 7 heteroatoms. The maximum atomic E-state index is 12.0. The molecule has 102 valence electrons. The number of pyridine rings is 1. The van der Waals surface area contributed by atoms with Gasteiger partial charge in [0.2, 0.25) is 0 Å². The third kappa shape index (κ3) is 2.26. The molecule has 3 rings (SSSR count). The van der Waals surface area contributed by atoms with Gasteiger partial charge in [0.15, 0.2) is 0 Å². The molecule has 0 unspecified atom stereocenters. The number of nitriles is 1. The first-order valence-corrected chi connectivity index (χ1v) is 6.70. The summed E-state index contributed by atoms with van der Waals surface area (Å²) in [7, 11) is 0. The fraction of sp³-hybridized carbons (Fsp3) is 0. The van der Waals surface area contributed by atoms with E-state index in [9.17, 15) is 9.59 Å². The van der Waals surface area contributed by atoms with Gasteiger partial charge in [0.25, 0.3) is 5.56 Å². The van der Waals surface area contributed by atoms with Crippen molar-refractivity contribution in [3.05, 3.63) is 67.5 Å². The molecular formula is C14H7BrN4O2. The van der Waals surface area contributed by atoms with Crippen molar-refractivity contribution in [2.45, 2.75) is 0 Å². The molecule has 0 spiro atoms. The predicted octanol–water partition coefficient (Wildman–Crippen LogP) is 1.71. The summed E-state index contributed by atoms with van der Waals surface area (Å²) in [5.41, 5.74) is -0.355. The van der Waals surface area contributed by atoms with Gasteiger partial charge in [0.1, 0.15) is 11.6 Å². The van der Waals surface area contributed by atoms with Crippen molar-refractivity contribution in [3.8, 4) is 11.8 Å². The topological polar surface area (TPSA) is 91.5 Å². The summed E-state index contributed by atoms with van der Waals surface area (Å²) in [5.74, 6) is 0. The first-order chi connectivity index (χ1) is 10.1. The molecule has 0 radical (unpaired) electrons. The molecule has 0 saturated carbocycles. The Balaban J connectivity index is 2.39. The second-order valence-electron chi connectivity index (χ2n) is 4.29. The summed E-state index contributed by atoms with van der Waals surface area (Å²) >= 11 is 3.34. The van der Waals surface area contributed by atoms with Crippen LogP contribution < -0.4 is 11.2 Å². The van der Waals surface area contributed by atoms with Crippen LogP contribution >= 0.6 is 15.9 Å². The normalized spacial score (nSPS) is 10.5. The van der Waals surface area contributed by atoms with Crippen molar-refractivity contribution < 1.29 is 0 Å². The maximum Gasteiger partial charge on any atom is 0.333 e. The number of fused-ring (bicyclic) bond motifs is 1. The van der Waals surface area contributed by atoms with Crippen LogP contribution in [0.4, 0.5) is 0 Å². The van der Waals surface area contributed by atoms with Crippen molar-refractivity contribution in [2.75, 3.05) is 0 Å². The third-order valence-corrected chi connectivity index (χ3v) is 3.41. The molecule has 0 aliphatic heterocycles. The van der Waals surface area contributed by atoms with E-state index in [0.717, 1.165) is 9.86 Å². The molecule has 0 amide bonds. The van der Waals surface area contributed by atoms with E-state index in [1.807, 2.05) is 12.1 Å². The summed E-state index contributed by atoms with van der Waals surface area (Å²) < 4.78 is 2.03. The lowest BCUT2D eigenvalue weighted by Crippen LogP contribution is -2.30. The zero-order valence-electron chi connectivity index (χ0n) is 10.5. The van der Waals surface area contributed by atoms with Crippen molar-refractivity contribution in [3.63, 3.8) is 0 Å². The van der Waals surface area contributed by atoms with Gasteiger partial charge < -0.3 is 0 Å². The fourth-order valence-corrected chi connectivity index (χ4v) is 2.39. The van der Waals surface area contributed by atoms with Gasteiger partial charge in [-0.1, -0.05) is 12.1 Å². The Labute approximate surface area is 126 Å². The van der Waals surface area contributed by atoms with Gasteiger partial charge in [-0.15, -0.1) is 0 Å².